The molecule has 5 N–H and O–H groups in total. The number of primary sulfonamides is 1. The highest BCUT2D eigenvalue weighted by molar-refractivity contribution is 7.89. The summed E-state index contributed by atoms with van der Waals surface area (Å²) in [6.07, 6.45) is 2.67. The fraction of sp³-hybridized carbons (Fsp3) is 0.462. The van der Waals surface area contributed by atoms with Gasteiger partial charge in [-0.05, 0) is 31.0 Å². The second-order valence-electron chi connectivity index (χ2n) is 5.18. The van der Waals surface area contributed by atoms with E-state index in [0.29, 0.717) is 5.69 Å². The van der Waals surface area contributed by atoms with Crippen molar-refractivity contribution >= 4 is 21.7 Å². The molecule has 2 unspecified atom stereocenters. The zero-order chi connectivity index (χ0) is 15.6. The Morgan fingerprint density at radius 1 is 1.38 bits per heavy atom. The molecule has 0 saturated heterocycles. The minimum atomic E-state index is -3.95. The number of nitrogens with one attached hydrogen (secondary N) is 1. The quantitative estimate of drug-likeness (QED) is 0.630. The lowest BCUT2D eigenvalue weighted by Crippen LogP contribution is -2.27. The lowest BCUT2D eigenvalue weighted by atomic mass is 10.0. The third-order valence-electron chi connectivity index (χ3n) is 3.78. The minimum Gasteiger partial charge on any atom is -0.478 e. The molecule has 1 aliphatic carbocycles. The summed E-state index contributed by atoms with van der Waals surface area (Å²) >= 11 is 0. The summed E-state index contributed by atoms with van der Waals surface area (Å²) < 4.78 is 22.6. The Balaban J connectivity index is 2.33. The van der Waals surface area contributed by atoms with Crippen molar-refractivity contribution in [2.24, 2.45) is 11.1 Å². The smallest absolute Gasteiger partial charge is 0.337 e. The number of aliphatic hydroxyl groups excluding tert-OH is 1. The first kappa shape index (κ1) is 15.7. The number of nitrogens with two attached hydrogens (primary N) is 1. The summed E-state index contributed by atoms with van der Waals surface area (Å²) in [4.78, 5) is 11.1. The summed E-state index contributed by atoms with van der Waals surface area (Å²) in [6, 6.07) is 3.69. The van der Waals surface area contributed by atoms with Crippen LogP contribution >= 0.6 is 0 Å². The van der Waals surface area contributed by atoms with Gasteiger partial charge < -0.3 is 15.5 Å². The van der Waals surface area contributed by atoms with Gasteiger partial charge in [0.2, 0.25) is 10.0 Å². The van der Waals surface area contributed by atoms with E-state index in [1.54, 1.807) is 0 Å². The van der Waals surface area contributed by atoms with E-state index in [4.69, 9.17) is 5.14 Å². The van der Waals surface area contributed by atoms with Crippen LogP contribution in [-0.2, 0) is 10.0 Å². The Kier molecular flexibility index (Phi) is 4.50. The fourth-order valence-electron chi connectivity index (χ4n) is 2.65. The third-order valence-corrected chi connectivity index (χ3v) is 4.70. The summed E-state index contributed by atoms with van der Waals surface area (Å²) in [5.74, 6) is -1.16. The molecule has 1 saturated carbocycles. The molecule has 0 radical (unpaired) electrons. The Hall–Kier alpha value is -1.64. The number of anilines is 1. The van der Waals surface area contributed by atoms with Crippen molar-refractivity contribution in [1.82, 2.24) is 0 Å². The summed E-state index contributed by atoms with van der Waals surface area (Å²) in [6.45, 7) is 0.0370. The van der Waals surface area contributed by atoms with Crippen molar-refractivity contribution in [1.29, 1.82) is 0 Å². The van der Waals surface area contributed by atoms with E-state index in [9.17, 15) is 23.4 Å². The maximum atomic E-state index is 11.3. The van der Waals surface area contributed by atoms with Gasteiger partial charge in [-0.25, -0.2) is 18.4 Å². The van der Waals surface area contributed by atoms with Gasteiger partial charge in [0.25, 0.3) is 0 Å². The van der Waals surface area contributed by atoms with Crippen molar-refractivity contribution in [2.45, 2.75) is 30.2 Å². The Labute approximate surface area is 122 Å². The number of rotatable bonds is 5. The second-order valence-corrected chi connectivity index (χ2v) is 6.74. The number of carbonyl (C=O) groups is 1. The maximum Gasteiger partial charge on any atom is 0.337 e. The molecular weight excluding hydrogens is 296 g/mol. The van der Waals surface area contributed by atoms with Crippen LogP contribution in [0.4, 0.5) is 5.69 Å². The Morgan fingerprint density at radius 2 is 2.10 bits per heavy atom. The molecular formula is C13H18N2O5S. The van der Waals surface area contributed by atoms with E-state index in [2.05, 4.69) is 5.32 Å². The number of carboxylic acid groups (broad SMARTS) is 1. The molecule has 1 fully saturated rings. The number of benzene rings is 1. The first-order valence-corrected chi connectivity index (χ1v) is 8.15. The van der Waals surface area contributed by atoms with Crippen molar-refractivity contribution in [3.63, 3.8) is 0 Å². The van der Waals surface area contributed by atoms with Crippen LogP contribution in [-0.4, -0.2) is 37.2 Å². The van der Waals surface area contributed by atoms with Crippen molar-refractivity contribution in [3.8, 4) is 0 Å². The maximum absolute atomic E-state index is 11.3. The molecule has 8 heteroatoms. The second kappa shape index (κ2) is 6.00. The average Bonchev–Trinajstić information content (AvgIpc) is 2.84. The molecule has 116 valence electrons. The number of sulfonamides is 1. The molecule has 2 atom stereocenters. The normalized spacial score (nSPS) is 22.2. The minimum absolute atomic E-state index is 0.0200. The van der Waals surface area contributed by atoms with Gasteiger partial charge in [-0.15, -0.1) is 0 Å². The number of hydrogen-bond donors (Lipinski definition) is 4. The van der Waals surface area contributed by atoms with Crippen molar-refractivity contribution < 1.29 is 23.4 Å². The molecule has 0 bridgehead atoms. The molecule has 1 aliphatic rings. The van der Waals surface area contributed by atoms with Gasteiger partial charge >= 0.3 is 5.97 Å². The molecule has 21 heavy (non-hydrogen) atoms. The first-order valence-electron chi connectivity index (χ1n) is 6.60. The molecule has 0 aliphatic heterocycles. The van der Waals surface area contributed by atoms with Crippen molar-refractivity contribution in [2.75, 3.05) is 11.9 Å². The number of aliphatic hydroxyl groups is 1. The van der Waals surface area contributed by atoms with E-state index in [-0.39, 0.29) is 29.0 Å². The molecule has 0 heterocycles. The van der Waals surface area contributed by atoms with E-state index in [0.717, 1.165) is 25.3 Å². The highest BCUT2D eigenvalue weighted by Gasteiger charge is 2.27. The van der Waals surface area contributed by atoms with Gasteiger partial charge in [0, 0.05) is 24.3 Å². The van der Waals surface area contributed by atoms with Crippen LogP contribution in [0.15, 0.2) is 23.1 Å². The first-order chi connectivity index (χ1) is 9.82. The largest absolute Gasteiger partial charge is 0.478 e. The van der Waals surface area contributed by atoms with Gasteiger partial charge in [-0.1, -0.05) is 6.42 Å². The number of hydrogen-bond acceptors (Lipinski definition) is 5. The molecule has 2 rings (SSSR count). The van der Waals surface area contributed by atoms with Crippen LogP contribution in [0.25, 0.3) is 0 Å². The average molecular weight is 314 g/mol. The molecule has 0 amide bonds. The van der Waals surface area contributed by atoms with Gasteiger partial charge in [0.05, 0.1) is 10.5 Å². The summed E-state index contributed by atoms with van der Waals surface area (Å²) in [5, 5.41) is 26.6. The highest BCUT2D eigenvalue weighted by Crippen LogP contribution is 2.30. The van der Waals surface area contributed by atoms with Crippen LogP contribution in [0.3, 0.4) is 0 Å². The van der Waals surface area contributed by atoms with Crippen LogP contribution in [0.2, 0.25) is 0 Å². The van der Waals surface area contributed by atoms with E-state index in [1.165, 1.54) is 12.1 Å². The molecule has 7 nitrogen and oxygen atoms in total. The van der Waals surface area contributed by atoms with E-state index >= 15 is 0 Å². The summed E-state index contributed by atoms with van der Waals surface area (Å²) in [5.41, 5.74) is 0.186. The number of carboxylic acids is 1. The topological polar surface area (TPSA) is 130 Å². The van der Waals surface area contributed by atoms with Crippen LogP contribution < -0.4 is 10.5 Å². The molecule has 0 aromatic heterocycles. The van der Waals surface area contributed by atoms with Crippen LogP contribution in [0.5, 0.6) is 0 Å². The number of aromatic carboxylic acids is 1. The van der Waals surface area contributed by atoms with Gasteiger partial charge in [0.1, 0.15) is 0 Å². The predicted octanol–water partition coefficient (Wildman–Crippen LogP) is 0.605. The Bertz CT molecular complexity index is 644. The lowest BCUT2D eigenvalue weighted by molar-refractivity contribution is 0.0697. The zero-order valence-corrected chi connectivity index (χ0v) is 12.1. The standard InChI is InChI=1S/C13H18N2O5S/c14-21(19,20)9-4-5-12(10(6-9)13(17)18)15-11-3-1-2-8(11)7-16/h4-6,8,11,15-16H,1-3,7H2,(H,17,18)(H2,14,19,20). The monoisotopic (exact) mass is 314 g/mol. The highest BCUT2D eigenvalue weighted by atomic mass is 32.2. The Morgan fingerprint density at radius 3 is 2.67 bits per heavy atom. The molecule has 0 spiro atoms. The third kappa shape index (κ3) is 3.52. The SMILES string of the molecule is NS(=O)(=O)c1ccc(NC2CCCC2CO)c(C(=O)O)c1. The molecule has 1 aromatic carbocycles. The zero-order valence-electron chi connectivity index (χ0n) is 11.3. The van der Waals surface area contributed by atoms with E-state index in [1.807, 2.05) is 0 Å². The van der Waals surface area contributed by atoms with Crippen LogP contribution in [0.1, 0.15) is 29.6 Å². The van der Waals surface area contributed by atoms with Crippen LogP contribution in [0, 0.1) is 5.92 Å². The summed E-state index contributed by atoms with van der Waals surface area (Å²) in [7, 11) is -3.95. The predicted molar refractivity (Wildman–Crippen MR) is 76.6 cm³/mol. The van der Waals surface area contributed by atoms with E-state index < -0.39 is 16.0 Å². The molecule has 1 aromatic rings. The fourth-order valence-corrected chi connectivity index (χ4v) is 3.19. The lowest BCUT2D eigenvalue weighted by Gasteiger charge is -2.21. The van der Waals surface area contributed by atoms with Gasteiger partial charge in [0.15, 0.2) is 0 Å². The van der Waals surface area contributed by atoms with Gasteiger partial charge in [-0.2, -0.15) is 0 Å². The van der Waals surface area contributed by atoms with Crippen molar-refractivity contribution in [3.05, 3.63) is 23.8 Å². The van der Waals surface area contributed by atoms with Gasteiger partial charge in [-0.3, -0.25) is 0 Å².